The van der Waals surface area contributed by atoms with Crippen molar-refractivity contribution in [1.82, 2.24) is 20.2 Å². The Labute approximate surface area is 176 Å². The number of nitrogens with zero attached hydrogens (tertiary/aromatic N) is 2. The fraction of sp³-hybridized carbons (Fsp3) is 0.348. The van der Waals surface area contributed by atoms with Gasteiger partial charge in [0.1, 0.15) is 17.9 Å². The molecule has 3 rings (SSSR count). The summed E-state index contributed by atoms with van der Waals surface area (Å²) < 4.78 is 4.68. The van der Waals surface area contributed by atoms with Crippen LogP contribution in [-0.4, -0.2) is 46.6 Å². The minimum Gasteiger partial charge on any atom is -0.453 e. The lowest BCUT2D eigenvalue weighted by Gasteiger charge is -2.30. The summed E-state index contributed by atoms with van der Waals surface area (Å²) in [7, 11) is 1.28. The largest absolute Gasteiger partial charge is 0.453 e. The minimum absolute atomic E-state index is 0.0972. The van der Waals surface area contributed by atoms with Crippen LogP contribution < -0.4 is 5.32 Å². The van der Waals surface area contributed by atoms with Gasteiger partial charge in [-0.15, -0.1) is 6.42 Å². The Balaban J connectivity index is 1.85. The number of terminal acetylenes is 1. The zero-order valence-electron chi connectivity index (χ0n) is 17.6. The Hall–Kier alpha value is -3.53. The van der Waals surface area contributed by atoms with Crippen molar-refractivity contribution in [2.45, 2.75) is 32.9 Å². The summed E-state index contributed by atoms with van der Waals surface area (Å²) in [5, 5.41) is 2.65. The van der Waals surface area contributed by atoms with Crippen LogP contribution in [0.2, 0.25) is 0 Å². The molecule has 7 heteroatoms. The van der Waals surface area contributed by atoms with Crippen LogP contribution in [-0.2, 0) is 9.53 Å². The zero-order valence-corrected chi connectivity index (χ0v) is 17.6. The predicted molar refractivity (Wildman–Crippen MR) is 114 cm³/mol. The smallest absolute Gasteiger partial charge is 0.407 e. The topological polar surface area (TPSA) is 87.3 Å². The van der Waals surface area contributed by atoms with Crippen molar-refractivity contribution in [2.75, 3.05) is 13.7 Å². The van der Waals surface area contributed by atoms with Crippen LogP contribution in [0, 0.1) is 18.3 Å². The second-order valence-corrected chi connectivity index (χ2v) is 7.69. The summed E-state index contributed by atoms with van der Waals surface area (Å²) in [5.74, 6) is 2.99. The lowest BCUT2D eigenvalue weighted by Crippen LogP contribution is -2.51. The number of rotatable bonds is 5. The molecule has 1 aliphatic rings. The van der Waals surface area contributed by atoms with Crippen molar-refractivity contribution in [3.05, 3.63) is 53.5 Å². The molecule has 0 spiro atoms. The predicted octanol–water partition coefficient (Wildman–Crippen LogP) is 3.27. The number of aromatic amines is 1. The number of hydrogen-bond donors (Lipinski definition) is 2. The normalized spacial score (nSPS) is 16.7. The van der Waals surface area contributed by atoms with E-state index < -0.39 is 12.1 Å². The Morgan fingerprint density at radius 1 is 1.33 bits per heavy atom. The van der Waals surface area contributed by atoms with E-state index in [1.165, 1.54) is 7.11 Å². The van der Waals surface area contributed by atoms with Crippen LogP contribution >= 0.6 is 0 Å². The third-order valence-corrected chi connectivity index (χ3v) is 5.11. The van der Waals surface area contributed by atoms with E-state index in [9.17, 15) is 9.59 Å². The van der Waals surface area contributed by atoms with Crippen molar-refractivity contribution in [3.8, 4) is 23.6 Å². The van der Waals surface area contributed by atoms with E-state index in [0.717, 1.165) is 22.4 Å². The number of hydrogen-bond acceptors (Lipinski definition) is 4. The molecule has 0 fully saturated rings. The number of aromatic nitrogens is 2. The minimum atomic E-state index is -0.690. The van der Waals surface area contributed by atoms with Gasteiger partial charge in [-0.1, -0.05) is 43.5 Å². The third-order valence-electron chi connectivity index (χ3n) is 5.11. The van der Waals surface area contributed by atoms with E-state index >= 15 is 0 Å². The molecule has 0 radical (unpaired) electrons. The maximum atomic E-state index is 13.3. The Morgan fingerprint density at radius 3 is 2.63 bits per heavy atom. The summed E-state index contributed by atoms with van der Waals surface area (Å²) in [6, 6.07) is 6.58. The number of H-pyrrole nitrogens is 1. The number of alkyl carbamates (subject to hydrolysis) is 1. The highest BCUT2D eigenvalue weighted by Gasteiger charge is 2.36. The summed E-state index contributed by atoms with van der Waals surface area (Å²) in [5.41, 5.74) is 3.66. The van der Waals surface area contributed by atoms with Crippen LogP contribution in [0.25, 0.3) is 11.3 Å². The second-order valence-electron chi connectivity index (χ2n) is 7.69. The van der Waals surface area contributed by atoms with Gasteiger partial charge in [-0.05, 0) is 30.5 Å². The summed E-state index contributed by atoms with van der Waals surface area (Å²) in [4.78, 5) is 34.6. The highest BCUT2D eigenvalue weighted by atomic mass is 16.5. The molecule has 156 valence electrons. The lowest BCUT2D eigenvalue weighted by atomic mass is 10.0. The first kappa shape index (κ1) is 21.2. The Kier molecular flexibility index (Phi) is 6.26. The van der Waals surface area contributed by atoms with Gasteiger partial charge in [0, 0.05) is 12.1 Å². The molecule has 0 saturated heterocycles. The number of carbonyl (C=O) groups excluding carboxylic acids is 2. The average molecular weight is 406 g/mol. The first-order chi connectivity index (χ1) is 14.3. The molecule has 0 bridgehead atoms. The maximum absolute atomic E-state index is 13.3. The first-order valence-corrected chi connectivity index (χ1v) is 9.78. The molecule has 1 aliphatic heterocycles. The van der Waals surface area contributed by atoms with Crippen LogP contribution in [0.4, 0.5) is 4.79 Å². The maximum Gasteiger partial charge on any atom is 0.407 e. The van der Waals surface area contributed by atoms with Gasteiger partial charge in [-0.25, -0.2) is 9.78 Å². The number of nitrogens with one attached hydrogen (secondary N) is 2. The van der Waals surface area contributed by atoms with Gasteiger partial charge in [-0.3, -0.25) is 4.79 Å². The van der Waals surface area contributed by atoms with E-state index in [1.54, 1.807) is 11.1 Å². The summed E-state index contributed by atoms with van der Waals surface area (Å²) in [6.07, 6.45) is 8.55. The molecule has 0 aliphatic carbocycles. The van der Waals surface area contributed by atoms with Crippen molar-refractivity contribution in [2.24, 2.45) is 5.92 Å². The molecule has 7 nitrogen and oxygen atoms in total. The number of benzene rings is 1. The summed E-state index contributed by atoms with van der Waals surface area (Å²) in [6.45, 7) is 6.21. The van der Waals surface area contributed by atoms with Gasteiger partial charge in [0.15, 0.2) is 0 Å². The molecule has 1 aromatic heterocycles. The van der Waals surface area contributed by atoms with E-state index in [-0.39, 0.29) is 17.9 Å². The molecule has 2 N–H and O–H groups in total. The molecular weight excluding hydrogens is 380 g/mol. The van der Waals surface area contributed by atoms with Gasteiger partial charge in [0.05, 0.1) is 19.0 Å². The van der Waals surface area contributed by atoms with E-state index in [4.69, 9.17) is 6.42 Å². The lowest BCUT2D eigenvalue weighted by molar-refractivity contribution is -0.135. The van der Waals surface area contributed by atoms with Gasteiger partial charge in [0.2, 0.25) is 5.91 Å². The number of ether oxygens (including phenoxy) is 1. The molecule has 2 amide bonds. The number of imidazole rings is 1. The average Bonchev–Trinajstić information content (AvgIpc) is 3.38. The van der Waals surface area contributed by atoms with E-state index in [0.29, 0.717) is 12.4 Å². The van der Waals surface area contributed by atoms with Crippen molar-refractivity contribution in [3.63, 3.8) is 0 Å². The van der Waals surface area contributed by atoms with Crippen LogP contribution in [0.3, 0.4) is 0 Å². The highest BCUT2D eigenvalue weighted by Crippen LogP contribution is 2.31. The van der Waals surface area contributed by atoms with E-state index in [1.807, 2.05) is 51.1 Å². The fourth-order valence-corrected chi connectivity index (χ4v) is 3.48. The van der Waals surface area contributed by atoms with Crippen molar-refractivity contribution < 1.29 is 14.3 Å². The molecule has 2 heterocycles. The molecule has 2 aromatic rings. The molecule has 2 atom stereocenters. The monoisotopic (exact) mass is 406 g/mol. The highest BCUT2D eigenvalue weighted by molar-refractivity contribution is 5.87. The van der Waals surface area contributed by atoms with E-state index in [2.05, 4.69) is 25.9 Å². The molecule has 0 saturated carbocycles. The quantitative estimate of drug-likeness (QED) is 0.589. The fourth-order valence-electron chi connectivity index (χ4n) is 3.48. The second kappa shape index (κ2) is 8.87. The van der Waals surface area contributed by atoms with Crippen LogP contribution in [0.15, 0.2) is 42.1 Å². The number of carbonyl (C=O) groups is 2. The van der Waals surface area contributed by atoms with Gasteiger partial charge in [-0.2, -0.15) is 0 Å². The first-order valence-electron chi connectivity index (χ1n) is 9.78. The SMILES string of the molecule is C#Cc1ccc(-c2cnc(C3C=C(C)CN3C(=O)C(NC(=O)OC)C(C)C)[nH]2)cc1. The molecular formula is C23H26N4O3. The molecule has 1 aromatic carbocycles. The van der Waals surface area contributed by atoms with Crippen molar-refractivity contribution in [1.29, 1.82) is 0 Å². The summed E-state index contributed by atoms with van der Waals surface area (Å²) >= 11 is 0. The molecule has 30 heavy (non-hydrogen) atoms. The number of methoxy groups -OCH3 is 1. The van der Waals surface area contributed by atoms with Crippen LogP contribution in [0.5, 0.6) is 0 Å². The van der Waals surface area contributed by atoms with Gasteiger partial charge < -0.3 is 19.9 Å². The standard InChI is InChI=1S/C23H26N4O3/c1-6-16-7-9-17(10-8-16)18-12-24-21(25-18)19-11-15(4)13-27(19)22(28)20(14(2)3)26-23(29)30-5/h1,7-12,14,19-20H,13H2,2-5H3,(H,24,25)(H,26,29). The van der Waals surface area contributed by atoms with Crippen molar-refractivity contribution >= 4 is 12.0 Å². The molecule has 2 unspecified atom stereocenters. The Morgan fingerprint density at radius 2 is 2.03 bits per heavy atom. The third kappa shape index (κ3) is 4.38. The zero-order chi connectivity index (χ0) is 21.8. The Bertz CT molecular complexity index is 998. The van der Waals surface area contributed by atoms with Crippen LogP contribution in [0.1, 0.15) is 38.2 Å². The van der Waals surface area contributed by atoms with Gasteiger partial charge >= 0.3 is 6.09 Å². The number of amides is 2. The van der Waals surface area contributed by atoms with Gasteiger partial charge in [0.25, 0.3) is 0 Å².